The van der Waals surface area contributed by atoms with E-state index in [9.17, 15) is 4.79 Å². The lowest BCUT2D eigenvalue weighted by Crippen LogP contribution is -2.43. The van der Waals surface area contributed by atoms with Gasteiger partial charge in [-0.3, -0.25) is 9.69 Å². The Morgan fingerprint density at radius 2 is 1.75 bits per heavy atom. The molecule has 5 nitrogen and oxygen atoms in total. The van der Waals surface area contributed by atoms with Crippen molar-refractivity contribution in [3.8, 4) is 11.5 Å². The van der Waals surface area contributed by atoms with Crippen LogP contribution in [0.15, 0.2) is 72.8 Å². The van der Waals surface area contributed by atoms with Crippen LogP contribution in [0.4, 0.5) is 11.4 Å². The zero-order valence-electron chi connectivity index (χ0n) is 15.9. The summed E-state index contributed by atoms with van der Waals surface area (Å²) in [6, 6.07) is 22.9. The number of carbonyl (C=O) groups is 1. The van der Waals surface area contributed by atoms with Crippen LogP contribution in [0.2, 0.25) is 0 Å². The number of nitrogens with one attached hydrogen (secondary N) is 1. The van der Waals surface area contributed by atoms with Gasteiger partial charge in [0.05, 0.1) is 25.0 Å². The van der Waals surface area contributed by atoms with Crippen molar-refractivity contribution in [1.29, 1.82) is 0 Å². The number of benzene rings is 3. The number of rotatable bonds is 5. The number of amides is 1. The monoisotopic (exact) mass is 374 g/mol. The summed E-state index contributed by atoms with van der Waals surface area (Å²) in [5.41, 5.74) is 3.21. The van der Waals surface area contributed by atoms with Gasteiger partial charge in [-0.15, -0.1) is 0 Å². The van der Waals surface area contributed by atoms with Crippen LogP contribution in [0.1, 0.15) is 29.0 Å². The Hall–Kier alpha value is -3.47. The van der Waals surface area contributed by atoms with E-state index < -0.39 is 0 Å². The van der Waals surface area contributed by atoms with Crippen LogP contribution < -0.4 is 19.7 Å². The third-order valence-corrected chi connectivity index (χ3v) is 4.77. The van der Waals surface area contributed by atoms with Gasteiger partial charge in [0.15, 0.2) is 0 Å². The van der Waals surface area contributed by atoms with Crippen LogP contribution in [-0.2, 0) is 0 Å². The van der Waals surface area contributed by atoms with Crippen molar-refractivity contribution in [2.45, 2.75) is 13.1 Å². The lowest BCUT2D eigenvalue weighted by atomic mass is 10.0. The molecule has 0 saturated heterocycles. The molecule has 1 heterocycles. The molecule has 0 fully saturated rings. The molecule has 0 saturated carbocycles. The van der Waals surface area contributed by atoms with E-state index >= 15 is 0 Å². The maximum Gasteiger partial charge on any atom is 0.262 e. The van der Waals surface area contributed by atoms with E-state index in [1.165, 1.54) is 0 Å². The highest BCUT2D eigenvalue weighted by atomic mass is 16.5. The number of para-hydroxylation sites is 1. The van der Waals surface area contributed by atoms with E-state index in [4.69, 9.17) is 9.47 Å². The number of ether oxygens (including phenoxy) is 2. The predicted molar refractivity (Wildman–Crippen MR) is 110 cm³/mol. The molecule has 0 radical (unpaired) electrons. The molecule has 3 aromatic carbocycles. The molecule has 1 amide bonds. The number of carbonyl (C=O) groups excluding carboxylic acids is 1. The first-order valence-corrected chi connectivity index (χ1v) is 9.27. The number of methoxy groups -OCH3 is 1. The molecule has 4 rings (SSSR count). The second kappa shape index (κ2) is 7.64. The fourth-order valence-electron chi connectivity index (χ4n) is 3.43. The summed E-state index contributed by atoms with van der Waals surface area (Å²) >= 11 is 0. The van der Waals surface area contributed by atoms with Gasteiger partial charge in [0.2, 0.25) is 0 Å². The van der Waals surface area contributed by atoms with E-state index in [0.717, 1.165) is 28.4 Å². The van der Waals surface area contributed by atoms with Crippen molar-refractivity contribution in [2.24, 2.45) is 0 Å². The second-order valence-electron chi connectivity index (χ2n) is 6.47. The molecule has 1 aliphatic rings. The number of fused-ring (bicyclic) bond motifs is 1. The first-order valence-electron chi connectivity index (χ1n) is 9.27. The molecule has 0 unspecified atom stereocenters. The SMILES string of the molecule is CCOc1cccc(N2C(=O)c3ccccc3N[C@@H]2c2ccc(OC)cc2)c1. The Labute approximate surface area is 164 Å². The molecule has 28 heavy (non-hydrogen) atoms. The van der Waals surface area contributed by atoms with Gasteiger partial charge in [0.25, 0.3) is 5.91 Å². The van der Waals surface area contributed by atoms with E-state index in [2.05, 4.69) is 5.32 Å². The van der Waals surface area contributed by atoms with Crippen molar-refractivity contribution in [1.82, 2.24) is 0 Å². The molecule has 0 aromatic heterocycles. The molecule has 3 aromatic rings. The van der Waals surface area contributed by atoms with Gasteiger partial charge < -0.3 is 14.8 Å². The Bertz CT molecular complexity index is 985. The van der Waals surface area contributed by atoms with Gasteiger partial charge in [-0.25, -0.2) is 0 Å². The van der Waals surface area contributed by atoms with E-state index in [0.29, 0.717) is 12.2 Å². The lowest BCUT2D eigenvalue weighted by molar-refractivity contribution is 0.0975. The molecule has 0 aliphatic carbocycles. The van der Waals surface area contributed by atoms with Gasteiger partial charge in [0, 0.05) is 11.8 Å². The highest BCUT2D eigenvalue weighted by molar-refractivity contribution is 6.12. The third kappa shape index (κ3) is 3.27. The Morgan fingerprint density at radius 1 is 0.964 bits per heavy atom. The normalized spacial score (nSPS) is 15.6. The number of nitrogens with zero attached hydrogens (tertiary/aromatic N) is 1. The molecule has 1 atom stereocenters. The van der Waals surface area contributed by atoms with E-state index in [1.54, 1.807) is 12.0 Å². The number of anilines is 2. The summed E-state index contributed by atoms with van der Waals surface area (Å²) in [6.45, 7) is 2.51. The minimum absolute atomic E-state index is 0.0520. The molecule has 142 valence electrons. The van der Waals surface area contributed by atoms with Crippen LogP contribution in [0.3, 0.4) is 0 Å². The van der Waals surface area contributed by atoms with Gasteiger partial charge in [-0.1, -0.05) is 30.3 Å². The summed E-state index contributed by atoms with van der Waals surface area (Å²) < 4.78 is 10.9. The number of hydrogen-bond donors (Lipinski definition) is 1. The average Bonchev–Trinajstić information content (AvgIpc) is 2.74. The maximum absolute atomic E-state index is 13.4. The largest absolute Gasteiger partial charge is 0.497 e. The second-order valence-corrected chi connectivity index (χ2v) is 6.47. The molecule has 1 aliphatic heterocycles. The third-order valence-electron chi connectivity index (χ3n) is 4.77. The predicted octanol–water partition coefficient (Wildman–Crippen LogP) is 4.87. The Morgan fingerprint density at radius 3 is 2.50 bits per heavy atom. The van der Waals surface area contributed by atoms with Crippen LogP contribution in [0.5, 0.6) is 11.5 Å². The minimum atomic E-state index is -0.342. The Balaban J connectivity index is 1.81. The van der Waals surface area contributed by atoms with Crippen LogP contribution >= 0.6 is 0 Å². The average molecular weight is 374 g/mol. The smallest absolute Gasteiger partial charge is 0.262 e. The zero-order valence-corrected chi connectivity index (χ0v) is 15.9. The molecular formula is C23H22N2O3. The van der Waals surface area contributed by atoms with Crippen LogP contribution in [0, 0.1) is 0 Å². The fourth-order valence-corrected chi connectivity index (χ4v) is 3.43. The molecule has 0 bridgehead atoms. The van der Waals surface area contributed by atoms with E-state index in [1.807, 2.05) is 79.7 Å². The van der Waals surface area contributed by atoms with Crippen molar-refractivity contribution in [3.63, 3.8) is 0 Å². The summed E-state index contributed by atoms with van der Waals surface area (Å²) in [7, 11) is 1.64. The summed E-state index contributed by atoms with van der Waals surface area (Å²) in [5, 5.41) is 3.50. The van der Waals surface area contributed by atoms with Crippen molar-refractivity contribution in [3.05, 3.63) is 83.9 Å². The van der Waals surface area contributed by atoms with Crippen LogP contribution in [-0.4, -0.2) is 19.6 Å². The van der Waals surface area contributed by atoms with Gasteiger partial charge >= 0.3 is 0 Å². The first kappa shape index (κ1) is 17.9. The van der Waals surface area contributed by atoms with Crippen molar-refractivity contribution < 1.29 is 14.3 Å². The van der Waals surface area contributed by atoms with Crippen molar-refractivity contribution >= 4 is 17.3 Å². The highest BCUT2D eigenvalue weighted by Crippen LogP contribution is 2.37. The molecular weight excluding hydrogens is 352 g/mol. The summed E-state index contributed by atoms with van der Waals surface area (Å²) in [4.78, 5) is 15.2. The lowest BCUT2D eigenvalue weighted by Gasteiger charge is -2.38. The standard InChI is InChI=1S/C23H22N2O3/c1-3-28-19-8-6-7-17(15-19)25-22(16-11-13-18(27-2)14-12-16)24-21-10-5-4-9-20(21)23(25)26/h4-15,22,24H,3H2,1-2H3/t22-/m0/s1. The molecule has 1 N–H and O–H groups in total. The first-order chi connectivity index (χ1) is 13.7. The highest BCUT2D eigenvalue weighted by Gasteiger charge is 2.34. The van der Waals surface area contributed by atoms with Crippen LogP contribution in [0.25, 0.3) is 0 Å². The topological polar surface area (TPSA) is 50.8 Å². The minimum Gasteiger partial charge on any atom is -0.497 e. The summed E-state index contributed by atoms with van der Waals surface area (Å²) in [5.74, 6) is 1.46. The Kier molecular flexibility index (Phi) is 4.89. The van der Waals surface area contributed by atoms with E-state index in [-0.39, 0.29) is 12.1 Å². The summed E-state index contributed by atoms with van der Waals surface area (Å²) in [6.07, 6.45) is -0.342. The fraction of sp³-hybridized carbons (Fsp3) is 0.174. The number of hydrogen-bond acceptors (Lipinski definition) is 4. The van der Waals surface area contributed by atoms with Gasteiger partial charge in [-0.2, -0.15) is 0 Å². The van der Waals surface area contributed by atoms with Gasteiger partial charge in [-0.05, 0) is 48.9 Å². The molecule has 0 spiro atoms. The van der Waals surface area contributed by atoms with Gasteiger partial charge in [0.1, 0.15) is 17.7 Å². The zero-order chi connectivity index (χ0) is 19.5. The maximum atomic E-state index is 13.4. The van der Waals surface area contributed by atoms with Crippen molar-refractivity contribution in [2.75, 3.05) is 23.9 Å². The molecule has 5 heteroatoms. The quantitative estimate of drug-likeness (QED) is 0.693.